The SMILES string of the molecule is COCc1c(CN)oc2c(Br)cc(OC)c(Br)c12. The molecule has 4 nitrogen and oxygen atoms in total. The van der Waals surface area contributed by atoms with Crippen molar-refractivity contribution in [3.63, 3.8) is 0 Å². The van der Waals surface area contributed by atoms with Crippen LogP contribution < -0.4 is 10.5 Å². The highest BCUT2D eigenvalue weighted by atomic mass is 79.9. The molecule has 0 unspecified atom stereocenters. The van der Waals surface area contributed by atoms with Gasteiger partial charge in [0, 0.05) is 18.1 Å². The van der Waals surface area contributed by atoms with Crippen molar-refractivity contribution in [3.8, 4) is 5.75 Å². The van der Waals surface area contributed by atoms with Crippen molar-refractivity contribution in [2.75, 3.05) is 14.2 Å². The number of benzene rings is 1. The van der Waals surface area contributed by atoms with Gasteiger partial charge in [0.25, 0.3) is 0 Å². The van der Waals surface area contributed by atoms with Crippen molar-refractivity contribution in [3.05, 3.63) is 26.3 Å². The van der Waals surface area contributed by atoms with E-state index in [-0.39, 0.29) is 0 Å². The van der Waals surface area contributed by atoms with Gasteiger partial charge in [-0.05, 0) is 37.9 Å². The molecule has 2 rings (SSSR count). The number of methoxy groups -OCH3 is 2. The highest BCUT2D eigenvalue weighted by Gasteiger charge is 2.20. The maximum atomic E-state index is 5.77. The van der Waals surface area contributed by atoms with Gasteiger partial charge in [-0.2, -0.15) is 0 Å². The molecule has 0 saturated carbocycles. The molecule has 0 saturated heterocycles. The van der Waals surface area contributed by atoms with Crippen LogP contribution in [0.1, 0.15) is 11.3 Å². The molecular weight excluding hydrogens is 366 g/mol. The zero-order chi connectivity index (χ0) is 13.3. The standard InChI is InChI=1S/C12H13Br2NO3/c1-16-5-6-9(4-15)18-12-7(13)3-8(17-2)11(14)10(6)12/h3H,4-5,15H2,1-2H3. The van der Waals surface area contributed by atoms with Crippen molar-refractivity contribution < 1.29 is 13.9 Å². The van der Waals surface area contributed by atoms with Crippen LogP contribution >= 0.6 is 31.9 Å². The summed E-state index contributed by atoms with van der Waals surface area (Å²) in [5, 5.41) is 0.934. The normalized spacial score (nSPS) is 11.2. The van der Waals surface area contributed by atoms with Crippen molar-refractivity contribution in [2.24, 2.45) is 5.73 Å². The Morgan fingerprint density at radius 1 is 1.33 bits per heavy atom. The first-order chi connectivity index (χ1) is 8.63. The van der Waals surface area contributed by atoms with Crippen LogP contribution in [0.4, 0.5) is 0 Å². The molecule has 0 spiro atoms. The first kappa shape index (κ1) is 13.9. The second-order valence-corrected chi connectivity index (χ2v) is 5.37. The molecule has 18 heavy (non-hydrogen) atoms. The Hall–Kier alpha value is -0.560. The van der Waals surface area contributed by atoms with Crippen LogP contribution in [-0.2, 0) is 17.9 Å². The van der Waals surface area contributed by atoms with Crippen LogP contribution in [-0.4, -0.2) is 14.2 Å². The van der Waals surface area contributed by atoms with Gasteiger partial charge in [-0.25, -0.2) is 0 Å². The number of rotatable bonds is 4. The van der Waals surface area contributed by atoms with Gasteiger partial charge in [-0.3, -0.25) is 0 Å². The second kappa shape index (κ2) is 5.61. The molecule has 0 aliphatic carbocycles. The Morgan fingerprint density at radius 2 is 2.06 bits per heavy atom. The third-order valence-electron chi connectivity index (χ3n) is 2.70. The molecule has 0 atom stereocenters. The molecular formula is C12H13Br2NO3. The summed E-state index contributed by atoms with van der Waals surface area (Å²) in [4.78, 5) is 0. The highest BCUT2D eigenvalue weighted by molar-refractivity contribution is 9.11. The predicted molar refractivity (Wildman–Crippen MR) is 76.8 cm³/mol. The van der Waals surface area contributed by atoms with Crippen LogP contribution in [0.3, 0.4) is 0 Å². The quantitative estimate of drug-likeness (QED) is 0.883. The Kier molecular flexibility index (Phi) is 4.32. The Bertz CT molecular complexity index is 580. The summed E-state index contributed by atoms with van der Waals surface area (Å²) in [6.07, 6.45) is 0. The molecule has 2 N–H and O–H groups in total. The van der Waals surface area contributed by atoms with Gasteiger partial charge >= 0.3 is 0 Å². The third-order valence-corrected chi connectivity index (χ3v) is 4.07. The zero-order valence-corrected chi connectivity index (χ0v) is 13.2. The third kappa shape index (κ3) is 2.18. The Morgan fingerprint density at radius 3 is 2.61 bits per heavy atom. The van der Waals surface area contributed by atoms with E-state index >= 15 is 0 Å². The molecule has 2 aromatic rings. The van der Waals surface area contributed by atoms with Gasteiger partial charge in [0.15, 0.2) is 0 Å². The fourth-order valence-electron chi connectivity index (χ4n) is 1.89. The maximum Gasteiger partial charge on any atom is 0.150 e. The number of furan rings is 1. The number of hydrogen-bond acceptors (Lipinski definition) is 4. The summed E-state index contributed by atoms with van der Waals surface area (Å²) in [6.45, 7) is 0.770. The summed E-state index contributed by atoms with van der Waals surface area (Å²) in [7, 11) is 3.26. The average Bonchev–Trinajstić information content (AvgIpc) is 2.74. The van der Waals surface area contributed by atoms with Gasteiger partial charge in [-0.1, -0.05) is 0 Å². The van der Waals surface area contributed by atoms with Crippen molar-refractivity contribution in [1.29, 1.82) is 0 Å². The molecule has 0 aliphatic heterocycles. The second-order valence-electron chi connectivity index (χ2n) is 3.72. The van der Waals surface area contributed by atoms with E-state index in [4.69, 9.17) is 19.6 Å². The predicted octanol–water partition coefficient (Wildman–Crippen LogP) is 3.57. The lowest BCUT2D eigenvalue weighted by molar-refractivity contribution is 0.184. The molecule has 6 heteroatoms. The van der Waals surface area contributed by atoms with Gasteiger partial charge in [0.2, 0.25) is 0 Å². The van der Waals surface area contributed by atoms with E-state index in [1.165, 1.54) is 0 Å². The summed E-state index contributed by atoms with van der Waals surface area (Å²) in [5.74, 6) is 1.46. The molecule has 98 valence electrons. The Balaban J connectivity index is 2.82. The molecule has 0 amide bonds. The monoisotopic (exact) mass is 377 g/mol. The molecule has 0 radical (unpaired) electrons. The lowest BCUT2D eigenvalue weighted by Crippen LogP contribution is -1.99. The van der Waals surface area contributed by atoms with Gasteiger partial charge < -0.3 is 19.6 Å². The summed E-state index contributed by atoms with van der Waals surface area (Å²) in [6, 6.07) is 1.85. The number of fused-ring (bicyclic) bond motifs is 1. The average molecular weight is 379 g/mol. The fourth-order valence-corrected chi connectivity index (χ4v) is 3.07. The fraction of sp³-hybridized carbons (Fsp3) is 0.333. The number of halogens is 2. The zero-order valence-electron chi connectivity index (χ0n) is 10.0. The molecule has 1 aromatic heterocycles. The van der Waals surface area contributed by atoms with Gasteiger partial charge in [-0.15, -0.1) is 0 Å². The van der Waals surface area contributed by atoms with E-state index in [2.05, 4.69) is 31.9 Å². The van der Waals surface area contributed by atoms with E-state index in [0.29, 0.717) is 13.2 Å². The van der Waals surface area contributed by atoms with E-state index in [0.717, 1.165) is 37.0 Å². The summed E-state index contributed by atoms with van der Waals surface area (Å²) < 4.78 is 18.0. The number of hydrogen-bond donors (Lipinski definition) is 1. The molecule has 0 fully saturated rings. The van der Waals surface area contributed by atoms with E-state index < -0.39 is 0 Å². The van der Waals surface area contributed by atoms with Crippen LogP contribution in [0, 0.1) is 0 Å². The smallest absolute Gasteiger partial charge is 0.150 e. The molecule has 1 aromatic carbocycles. The summed E-state index contributed by atoms with van der Waals surface area (Å²) in [5.41, 5.74) is 7.40. The maximum absolute atomic E-state index is 5.77. The van der Waals surface area contributed by atoms with Gasteiger partial charge in [0.05, 0.1) is 29.2 Å². The van der Waals surface area contributed by atoms with Crippen LogP contribution in [0.15, 0.2) is 19.4 Å². The van der Waals surface area contributed by atoms with Crippen LogP contribution in [0.5, 0.6) is 5.75 Å². The van der Waals surface area contributed by atoms with Crippen molar-refractivity contribution in [1.82, 2.24) is 0 Å². The van der Waals surface area contributed by atoms with E-state index in [1.807, 2.05) is 6.07 Å². The Labute approximate surface area is 122 Å². The van der Waals surface area contributed by atoms with Crippen LogP contribution in [0.2, 0.25) is 0 Å². The number of nitrogens with two attached hydrogens (primary N) is 1. The lowest BCUT2D eigenvalue weighted by atomic mass is 10.1. The molecule has 0 bridgehead atoms. The van der Waals surface area contributed by atoms with E-state index in [1.54, 1.807) is 14.2 Å². The first-order valence-electron chi connectivity index (χ1n) is 5.29. The minimum Gasteiger partial charge on any atom is -0.496 e. The molecule has 0 aliphatic rings. The van der Waals surface area contributed by atoms with Crippen molar-refractivity contribution in [2.45, 2.75) is 13.2 Å². The van der Waals surface area contributed by atoms with E-state index in [9.17, 15) is 0 Å². The minimum absolute atomic E-state index is 0.328. The largest absolute Gasteiger partial charge is 0.496 e. The lowest BCUT2D eigenvalue weighted by Gasteiger charge is -2.06. The minimum atomic E-state index is 0.328. The number of ether oxygens (including phenoxy) is 2. The topological polar surface area (TPSA) is 57.6 Å². The molecule has 1 heterocycles. The highest BCUT2D eigenvalue weighted by Crippen LogP contribution is 2.42. The van der Waals surface area contributed by atoms with Gasteiger partial charge in [0.1, 0.15) is 17.1 Å². The van der Waals surface area contributed by atoms with Crippen molar-refractivity contribution >= 4 is 42.8 Å². The first-order valence-corrected chi connectivity index (χ1v) is 6.87. The van der Waals surface area contributed by atoms with Crippen LogP contribution in [0.25, 0.3) is 11.0 Å². The summed E-state index contributed by atoms with van der Waals surface area (Å²) >= 11 is 7.01.